The first kappa shape index (κ1) is 29.7. The number of carbonyl (C=O) groups is 1. The van der Waals surface area contributed by atoms with Gasteiger partial charge in [0.15, 0.2) is 0 Å². The first-order valence-corrected chi connectivity index (χ1v) is 16.3. The molecule has 7 heteroatoms. The Kier molecular flexibility index (Phi) is 7.80. The quantitative estimate of drug-likeness (QED) is 0.242. The molecule has 5 nitrogen and oxygen atoms in total. The Morgan fingerprint density at radius 1 is 0.805 bits per heavy atom. The number of nitrogens with two attached hydrogens (primary N) is 1. The van der Waals surface area contributed by atoms with Crippen molar-refractivity contribution in [3.8, 4) is 6.07 Å². The molecule has 0 bridgehead atoms. The summed E-state index contributed by atoms with van der Waals surface area (Å²) < 4.78 is 0. The van der Waals surface area contributed by atoms with Crippen molar-refractivity contribution in [3.05, 3.63) is 56.5 Å². The number of hydrogen-bond donors (Lipinski definition) is 1. The molecule has 2 aliphatic rings. The molecule has 2 N–H and O–H groups in total. The van der Waals surface area contributed by atoms with Crippen molar-refractivity contribution in [1.82, 2.24) is 9.97 Å². The predicted octanol–water partition coefficient (Wildman–Crippen LogP) is 8.36. The highest BCUT2D eigenvalue weighted by molar-refractivity contribution is 7.20. The number of nitriles is 1. The van der Waals surface area contributed by atoms with E-state index in [0.717, 1.165) is 51.0 Å². The lowest BCUT2D eigenvalue weighted by molar-refractivity contribution is 0.100. The van der Waals surface area contributed by atoms with Crippen molar-refractivity contribution < 1.29 is 4.79 Å². The second-order valence-electron chi connectivity index (χ2n) is 14.4. The summed E-state index contributed by atoms with van der Waals surface area (Å²) in [6.07, 6.45) is 4.27. The van der Waals surface area contributed by atoms with Crippen molar-refractivity contribution in [1.29, 1.82) is 5.26 Å². The second-order valence-corrected chi connectivity index (χ2v) is 16.5. The lowest BCUT2D eigenvalue weighted by Crippen LogP contribution is -2.33. The summed E-state index contributed by atoms with van der Waals surface area (Å²) in [7, 11) is 0. The van der Waals surface area contributed by atoms with Gasteiger partial charge in [-0.25, -0.2) is 9.97 Å². The molecule has 0 fully saturated rings. The SMILES string of the molecule is CC1Cc2nc3sc(C#N)cc3cc2CC1C(C)(C)C.CC1Cc2nc3sc(C(N)=O)cc3cc2CC1C(C)(C)C. The summed E-state index contributed by atoms with van der Waals surface area (Å²) in [5.74, 6) is 2.31. The van der Waals surface area contributed by atoms with Crippen LogP contribution in [0.2, 0.25) is 0 Å². The van der Waals surface area contributed by atoms with Crippen LogP contribution in [0.4, 0.5) is 0 Å². The fraction of sp³-hybridized carbons (Fsp3) is 0.529. The fourth-order valence-corrected chi connectivity index (χ4v) is 8.79. The van der Waals surface area contributed by atoms with Gasteiger partial charge in [0.25, 0.3) is 5.91 Å². The van der Waals surface area contributed by atoms with Crippen molar-refractivity contribution in [2.45, 2.75) is 81.1 Å². The van der Waals surface area contributed by atoms with Gasteiger partial charge in [0.05, 0.1) is 4.88 Å². The average Bonchev–Trinajstić information content (AvgIpc) is 3.47. The van der Waals surface area contributed by atoms with Crippen LogP contribution >= 0.6 is 22.7 Å². The smallest absolute Gasteiger partial charge is 0.258 e. The third kappa shape index (κ3) is 6.05. The van der Waals surface area contributed by atoms with Gasteiger partial charge in [-0.1, -0.05) is 55.4 Å². The molecule has 4 aromatic rings. The maximum atomic E-state index is 11.3. The van der Waals surface area contributed by atoms with E-state index in [4.69, 9.17) is 21.0 Å². The molecule has 4 unspecified atom stereocenters. The standard InChI is InChI=1S/C17H22N2OS.C17H20N2S/c1-9-5-13-10(7-12(9)17(2,3)4)6-11-8-14(15(18)20)21-16(11)19-13;1-10-5-15-11(8-14(10)17(2,3)4)6-12-7-13(9-18)20-16(12)19-15/h6,8-9,12H,5,7H2,1-4H3,(H2,18,20);6-7,10,14H,5,8H2,1-4H3. The Hall–Kier alpha value is -2.82. The van der Waals surface area contributed by atoms with Gasteiger partial charge < -0.3 is 5.73 Å². The third-order valence-electron chi connectivity index (χ3n) is 9.22. The summed E-state index contributed by atoms with van der Waals surface area (Å²) in [6, 6.07) is 10.5. The highest BCUT2D eigenvalue weighted by Gasteiger charge is 2.36. The van der Waals surface area contributed by atoms with E-state index in [2.05, 4.69) is 73.6 Å². The molecule has 216 valence electrons. The van der Waals surface area contributed by atoms with E-state index in [1.54, 1.807) is 0 Å². The summed E-state index contributed by atoms with van der Waals surface area (Å²) in [5.41, 5.74) is 11.2. The number of fused-ring (bicyclic) bond motifs is 4. The number of rotatable bonds is 1. The number of thiophene rings is 2. The van der Waals surface area contributed by atoms with Crippen LogP contribution < -0.4 is 5.73 Å². The van der Waals surface area contributed by atoms with E-state index in [9.17, 15) is 4.79 Å². The summed E-state index contributed by atoms with van der Waals surface area (Å²) in [6.45, 7) is 18.6. The molecule has 0 saturated carbocycles. The van der Waals surface area contributed by atoms with Crippen LogP contribution in [-0.4, -0.2) is 15.9 Å². The highest BCUT2D eigenvalue weighted by Crippen LogP contribution is 2.43. The topological polar surface area (TPSA) is 92.7 Å². The monoisotopic (exact) mass is 586 g/mol. The van der Waals surface area contributed by atoms with E-state index in [-0.39, 0.29) is 5.91 Å². The Morgan fingerprint density at radius 2 is 1.27 bits per heavy atom. The number of primary amides is 1. The molecule has 4 aromatic heterocycles. The number of carbonyl (C=O) groups excluding carboxylic acids is 1. The summed E-state index contributed by atoms with van der Waals surface area (Å²) >= 11 is 2.91. The van der Waals surface area contributed by atoms with Gasteiger partial charge in [-0.3, -0.25) is 4.79 Å². The van der Waals surface area contributed by atoms with Gasteiger partial charge in [-0.2, -0.15) is 5.26 Å². The first-order chi connectivity index (χ1) is 19.1. The molecule has 0 radical (unpaired) electrons. The lowest BCUT2D eigenvalue weighted by Gasteiger charge is -2.39. The molecule has 0 saturated heterocycles. The largest absolute Gasteiger partial charge is 0.365 e. The van der Waals surface area contributed by atoms with Crippen LogP contribution in [0.15, 0.2) is 24.3 Å². The van der Waals surface area contributed by atoms with E-state index >= 15 is 0 Å². The van der Waals surface area contributed by atoms with Crippen molar-refractivity contribution in [2.24, 2.45) is 40.2 Å². The number of hydrogen-bond acceptors (Lipinski definition) is 6. The van der Waals surface area contributed by atoms with Crippen molar-refractivity contribution in [2.75, 3.05) is 0 Å². The number of nitrogens with zero attached hydrogens (tertiary/aromatic N) is 3. The van der Waals surface area contributed by atoms with Crippen molar-refractivity contribution >= 4 is 49.0 Å². The van der Waals surface area contributed by atoms with E-state index < -0.39 is 0 Å². The first-order valence-electron chi connectivity index (χ1n) is 14.7. The fourth-order valence-electron chi connectivity index (χ4n) is 7.08. The van der Waals surface area contributed by atoms with Gasteiger partial charge in [-0.15, -0.1) is 22.7 Å². The predicted molar refractivity (Wildman–Crippen MR) is 172 cm³/mol. The average molecular weight is 587 g/mol. The van der Waals surface area contributed by atoms with Gasteiger partial charge in [0.2, 0.25) is 0 Å². The van der Waals surface area contributed by atoms with E-state index in [1.807, 2.05) is 12.1 Å². The van der Waals surface area contributed by atoms with Crippen LogP contribution in [0, 0.1) is 45.8 Å². The maximum absolute atomic E-state index is 11.3. The van der Waals surface area contributed by atoms with E-state index in [1.165, 1.54) is 45.2 Å². The Morgan fingerprint density at radius 3 is 1.71 bits per heavy atom. The molecule has 4 atom stereocenters. The third-order valence-corrected chi connectivity index (χ3v) is 11.2. The van der Waals surface area contributed by atoms with Crippen LogP contribution in [0.1, 0.15) is 92.5 Å². The molecule has 2 aliphatic carbocycles. The molecule has 4 heterocycles. The molecule has 0 aliphatic heterocycles. The highest BCUT2D eigenvalue weighted by atomic mass is 32.1. The number of amides is 1. The molecule has 41 heavy (non-hydrogen) atoms. The van der Waals surface area contributed by atoms with Gasteiger partial charge in [-0.05, 0) is 95.6 Å². The molecular weight excluding hydrogens is 545 g/mol. The summed E-state index contributed by atoms with van der Waals surface area (Å²) in [5, 5.41) is 11.2. The number of aromatic nitrogens is 2. The summed E-state index contributed by atoms with van der Waals surface area (Å²) in [4.78, 5) is 24.3. The maximum Gasteiger partial charge on any atom is 0.258 e. The molecule has 0 spiro atoms. The molecule has 6 rings (SSSR count). The van der Waals surface area contributed by atoms with Crippen molar-refractivity contribution in [3.63, 3.8) is 0 Å². The minimum atomic E-state index is -0.364. The van der Waals surface area contributed by atoms with Gasteiger partial charge in [0, 0.05) is 22.2 Å². The van der Waals surface area contributed by atoms with E-state index in [0.29, 0.717) is 39.4 Å². The van der Waals surface area contributed by atoms with Gasteiger partial charge >= 0.3 is 0 Å². The Balaban J connectivity index is 0.000000165. The van der Waals surface area contributed by atoms with Gasteiger partial charge in [0.1, 0.15) is 20.6 Å². The van der Waals surface area contributed by atoms with Crippen LogP contribution in [0.3, 0.4) is 0 Å². The Labute approximate surface area is 252 Å². The zero-order valence-electron chi connectivity index (χ0n) is 25.6. The molecular formula is C34H42N4OS2. The normalized spacial score (nSPS) is 22.4. The molecule has 1 amide bonds. The minimum Gasteiger partial charge on any atom is -0.365 e. The lowest BCUT2D eigenvalue weighted by atomic mass is 9.66. The Bertz CT molecular complexity index is 1660. The minimum absolute atomic E-state index is 0.305. The van der Waals surface area contributed by atoms with Crippen LogP contribution in [0.25, 0.3) is 20.4 Å². The van der Waals surface area contributed by atoms with Crippen LogP contribution in [0.5, 0.6) is 0 Å². The zero-order valence-corrected chi connectivity index (χ0v) is 27.2. The van der Waals surface area contributed by atoms with Crippen LogP contribution in [-0.2, 0) is 25.7 Å². The molecule has 0 aromatic carbocycles. The second kappa shape index (κ2) is 10.8. The number of pyridine rings is 2. The zero-order chi connectivity index (χ0) is 29.9.